The van der Waals surface area contributed by atoms with Crippen LogP contribution in [0, 0.1) is 11.8 Å². The Bertz CT molecular complexity index is 457. The van der Waals surface area contributed by atoms with Crippen LogP contribution in [-0.4, -0.2) is 32.3 Å². The Morgan fingerprint density at radius 1 is 1.36 bits per heavy atom. The lowest BCUT2D eigenvalue weighted by atomic mass is 9.87. The number of benzene rings is 1. The standard InChI is InChI=1S/C17H24ClNO3/c1-13(15-6-9-21-10-7-15)17(20)19-8-11-22-12-14-2-4-16(18)5-3-14/h2-5,13,15H,6-12H2,1H3,(H,19,20)/t13-/m1/s1. The summed E-state index contributed by atoms with van der Waals surface area (Å²) in [7, 11) is 0. The third-order valence-corrected chi connectivity index (χ3v) is 4.37. The second-order valence-corrected chi connectivity index (χ2v) is 6.14. The third-order valence-electron chi connectivity index (χ3n) is 4.11. The number of halogens is 1. The van der Waals surface area contributed by atoms with Crippen molar-refractivity contribution in [1.82, 2.24) is 5.32 Å². The minimum atomic E-state index is 0.0418. The van der Waals surface area contributed by atoms with E-state index in [1.54, 1.807) is 0 Å². The molecule has 0 bridgehead atoms. The van der Waals surface area contributed by atoms with Crippen molar-refractivity contribution in [2.45, 2.75) is 26.4 Å². The zero-order valence-corrected chi connectivity index (χ0v) is 13.8. The molecule has 5 heteroatoms. The Hall–Kier alpha value is -1.10. The number of hydrogen-bond acceptors (Lipinski definition) is 3. The van der Waals surface area contributed by atoms with Gasteiger partial charge in [0.05, 0.1) is 13.2 Å². The number of nitrogens with one attached hydrogen (secondary N) is 1. The highest BCUT2D eigenvalue weighted by atomic mass is 35.5. The molecule has 1 aliphatic rings. The highest BCUT2D eigenvalue weighted by Crippen LogP contribution is 2.23. The van der Waals surface area contributed by atoms with Gasteiger partial charge in [0.1, 0.15) is 0 Å². The Morgan fingerprint density at radius 3 is 2.73 bits per heavy atom. The zero-order valence-electron chi connectivity index (χ0n) is 13.0. The monoisotopic (exact) mass is 325 g/mol. The number of carbonyl (C=O) groups excluding carboxylic acids is 1. The number of hydrogen-bond donors (Lipinski definition) is 1. The van der Waals surface area contributed by atoms with Crippen molar-refractivity contribution in [1.29, 1.82) is 0 Å². The lowest BCUT2D eigenvalue weighted by Gasteiger charge is -2.26. The molecule has 1 aromatic rings. The Balaban J connectivity index is 1.59. The highest BCUT2D eigenvalue weighted by molar-refractivity contribution is 6.30. The molecule has 0 aliphatic carbocycles. The maximum absolute atomic E-state index is 12.1. The minimum absolute atomic E-state index is 0.0418. The molecule has 0 unspecified atom stereocenters. The van der Waals surface area contributed by atoms with Crippen molar-refractivity contribution in [2.75, 3.05) is 26.4 Å². The molecule has 1 fully saturated rings. The van der Waals surface area contributed by atoms with E-state index in [-0.39, 0.29) is 11.8 Å². The summed E-state index contributed by atoms with van der Waals surface area (Å²) in [4.78, 5) is 12.1. The molecule has 0 saturated carbocycles. The van der Waals surface area contributed by atoms with Crippen molar-refractivity contribution < 1.29 is 14.3 Å². The average molecular weight is 326 g/mol. The first kappa shape index (κ1) is 17.3. The van der Waals surface area contributed by atoms with E-state index in [0.29, 0.717) is 25.7 Å². The first-order valence-electron chi connectivity index (χ1n) is 7.84. The molecule has 0 aromatic heterocycles. The van der Waals surface area contributed by atoms with Crippen LogP contribution < -0.4 is 5.32 Å². The van der Waals surface area contributed by atoms with Crippen LogP contribution in [0.15, 0.2) is 24.3 Å². The van der Waals surface area contributed by atoms with Crippen LogP contribution >= 0.6 is 11.6 Å². The second kappa shape index (κ2) is 9.13. The second-order valence-electron chi connectivity index (χ2n) is 5.71. The quantitative estimate of drug-likeness (QED) is 0.784. The lowest BCUT2D eigenvalue weighted by Crippen LogP contribution is -2.37. The van der Waals surface area contributed by atoms with Crippen LogP contribution in [0.5, 0.6) is 0 Å². The minimum Gasteiger partial charge on any atom is -0.381 e. The van der Waals surface area contributed by atoms with Gasteiger partial charge >= 0.3 is 0 Å². The summed E-state index contributed by atoms with van der Waals surface area (Å²) in [6.07, 6.45) is 1.95. The fourth-order valence-corrected chi connectivity index (χ4v) is 2.73. The van der Waals surface area contributed by atoms with Crippen LogP contribution in [0.4, 0.5) is 0 Å². The highest BCUT2D eigenvalue weighted by Gasteiger charge is 2.25. The van der Waals surface area contributed by atoms with Crippen molar-refractivity contribution in [3.05, 3.63) is 34.9 Å². The molecule has 0 radical (unpaired) electrons. The van der Waals surface area contributed by atoms with Gasteiger partial charge in [0.2, 0.25) is 5.91 Å². The molecule has 122 valence electrons. The molecule has 1 amide bonds. The third kappa shape index (κ3) is 5.59. The molecule has 1 atom stereocenters. The van der Waals surface area contributed by atoms with E-state index in [4.69, 9.17) is 21.1 Å². The fraction of sp³-hybridized carbons (Fsp3) is 0.588. The molecule has 1 saturated heterocycles. The van der Waals surface area contributed by atoms with E-state index in [2.05, 4.69) is 5.32 Å². The molecule has 1 aliphatic heterocycles. The van der Waals surface area contributed by atoms with Gasteiger partial charge in [0.15, 0.2) is 0 Å². The van der Waals surface area contributed by atoms with Crippen molar-refractivity contribution in [3.63, 3.8) is 0 Å². The predicted molar refractivity (Wildman–Crippen MR) is 86.8 cm³/mol. The maximum Gasteiger partial charge on any atom is 0.223 e. The lowest BCUT2D eigenvalue weighted by molar-refractivity contribution is -0.127. The largest absolute Gasteiger partial charge is 0.381 e. The van der Waals surface area contributed by atoms with Crippen molar-refractivity contribution in [2.24, 2.45) is 11.8 Å². The van der Waals surface area contributed by atoms with Gasteiger partial charge in [0, 0.05) is 30.7 Å². The average Bonchev–Trinajstić information content (AvgIpc) is 2.56. The molecular formula is C17H24ClNO3. The maximum atomic E-state index is 12.1. The molecule has 22 heavy (non-hydrogen) atoms. The SMILES string of the molecule is C[C@@H](C(=O)NCCOCc1ccc(Cl)cc1)C1CCOCC1. The summed E-state index contributed by atoms with van der Waals surface area (Å²) in [5.41, 5.74) is 1.08. The van der Waals surface area contributed by atoms with Gasteiger partial charge < -0.3 is 14.8 Å². The molecule has 1 heterocycles. The van der Waals surface area contributed by atoms with Crippen molar-refractivity contribution >= 4 is 17.5 Å². The summed E-state index contributed by atoms with van der Waals surface area (Å²) < 4.78 is 10.9. The Kier molecular flexibility index (Phi) is 7.16. The van der Waals surface area contributed by atoms with E-state index in [1.165, 1.54) is 0 Å². The van der Waals surface area contributed by atoms with Gasteiger partial charge in [-0.25, -0.2) is 0 Å². The summed E-state index contributed by atoms with van der Waals surface area (Å²) in [5, 5.41) is 3.67. The van der Waals surface area contributed by atoms with E-state index in [9.17, 15) is 4.79 Å². The fourth-order valence-electron chi connectivity index (χ4n) is 2.61. The Morgan fingerprint density at radius 2 is 2.05 bits per heavy atom. The summed E-state index contributed by atoms with van der Waals surface area (Å²) in [6, 6.07) is 7.57. The number of rotatable bonds is 7. The number of amides is 1. The number of ether oxygens (including phenoxy) is 2. The molecule has 1 aromatic carbocycles. The van der Waals surface area contributed by atoms with E-state index >= 15 is 0 Å². The molecule has 1 N–H and O–H groups in total. The van der Waals surface area contributed by atoms with Crippen LogP contribution in [0.25, 0.3) is 0 Å². The van der Waals surface area contributed by atoms with Crippen LogP contribution in [-0.2, 0) is 20.9 Å². The summed E-state index contributed by atoms with van der Waals surface area (Å²) >= 11 is 5.83. The molecule has 2 rings (SSSR count). The van der Waals surface area contributed by atoms with Gasteiger partial charge in [-0.3, -0.25) is 4.79 Å². The topological polar surface area (TPSA) is 47.6 Å². The first-order chi connectivity index (χ1) is 10.7. The zero-order chi connectivity index (χ0) is 15.8. The van der Waals surface area contributed by atoms with Crippen LogP contribution in [0.3, 0.4) is 0 Å². The first-order valence-corrected chi connectivity index (χ1v) is 8.22. The molecule has 4 nitrogen and oxygen atoms in total. The smallest absolute Gasteiger partial charge is 0.223 e. The Labute approximate surface area is 137 Å². The van der Waals surface area contributed by atoms with Crippen molar-refractivity contribution in [3.8, 4) is 0 Å². The van der Waals surface area contributed by atoms with Crippen LogP contribution in [0.1, 0.15) is 25.3 Å². The van der Waals surface area contributed by atoms with Gasteiger partial charge in [0.25, 0.3) is 0 Å². The predicted octanol–water partition coefficient (Wildman–Crippen LogP) is 3.04. The normalized spacial score (nSPS) is 17.2. The number of carbonyl (C=O) groups is 1. The molecular weight excluding hydrogens is 302 g/mol. The summed E-state index contributed by atoms with van der Waals surface area (Å²) in [5.74, 6) is 0.589. The molecule has 0 spiro atoms. The van der Waals surface area contributed by atoms with E-state index < -0.39 is 0 Å². The van der Waals surface area contributed by atoms with Gasteiger partial charge in [-0.15, -0.1) is 0 Å². The van der Waals surface area contributed by atoms with E-state index in [1.807, 2.05) is 31.2 Å². The summed E-state index contributed by atoms with van der Waals surface area (Å²) in [6.45, 7) is 5.12. The van der Waals surface area contributed by atoms with Gasteiger partial charge in [-0.05, 0) is 36.5 Å². The van der Waals surface area contributed by atoms with E-state index in [0.717, 1.165) is 36.6 Å². The van der Waals surface area contributed by atoms with Crippen LogP contribution in [0.2, 0.25) is 5.02 Å². The van der Waals surface area contributed by atoms with Gasteiger partial charge in [-0.2, -0.15) is 0 Å². The van der Waals surface area contributed by atoms with Gasteiger partial charge in [-0.1, -0.05) is 30.7 Å².